The first-order valence-electron chi connectivity index (χ1n) is 7.37. The molecule has 0 atom stereocenters. The second-order valence-electron chi connectivity index (χ2n) is 4.95. The third-order valence-corrected chi connectivity index (χ3v) is 3.13. The molecule has 0 unspecified atom stereocenters. The number of rotatable bonds is 7. The van der Waals surface area contributed by atoms with Crippen molar-refractivity contribution in [2.45, 2.75) is 46.1 Å². The second kappa shape index (κ2) is 7.52. The fraction of sp³-hybridized carbons (Fsp3) is 0.467. The molecular weight excluding hydrogens is 266 g/mol. The van der Waals surface area contributed by atoms with Crippen molar-refractivity contribution in [1.82, 2.24) is 20.4 Å². The second-order valence-corrected chi connectivity index (χ2v) is 4.95. The summed E-state index contributed by atoms with van der Waals surface area (Å²) in [7, 11) is 0. The summed E-state index contributed by atoms with van der Waals surface area (Å²) in [5, 5.41) is 12.2. The highest BCUT2D eigenvalue weighted by atomic mass is 16.2. The van der Waals surface area contributed by atoms with E-state index in [0.29, 0.717) is 0 Å². The van der Waals surface area contributed by atoms with Crippen molar-refractivity contribution in [3.05, 3.63) is 24.3 Å². The number of nitrogens with one attached hydrogen (secondary N) is 1. The smallest absolute Gasteiger partial charge is 0.261 e. The lowest BCUT2D eigenvalue weighted by Gasteiger charge is -2.05. The first-order valence-corrected chi connectivity index (χ1v) is 7.37. The van der Waals surface area contributed by atoms with E-state index in [-0.39, 0.29) is 12.5 Å². The topological polar surface area (TPSA) is 72.2 Å². The standard InChI is InChI=1S/C15H21N5O/c1-3-7-12(8-4-2)16-18-15(21)11-20-14-10-6-5-9-13(14)17-19-20/h5-6,9-10H,3-4,7-8,11H2,1-2H3,(H,18,21). The molecule has 1 N–H and O–H groups in total. The lowest BCUT2D eigenvalue weighted by Crippen LogP contribution is -2.25. The SMILES string of the molecule is CCCC(CCC)=NNC(=O)Cn1nnc2ccccc21. The molecule has 1 aromatic heterocycles. The van der Waals surface area contributed by atoms with Crippen LogP contribution in [0.2, 0.25) is 0 Å². The van der Waals surface area contributed by atoms with Gasteiger partial charge < -0.3 is 0 Å². The molecule has 6 heteroatoms. The first-order chi connectivity index (χ1) is 10.2. The highest BCUT2D eigenvalue weighted by molar-refractivity contribution is 5.86. The van der Waals surface area contributed by atoms with Gasteiger partial charge >= 0.3 is 0 Å². The third-order valence-electron chi connectivity index (χ3n) is 3.13. The molecule has 1 amide bonds. The Balaban J connectivity index is 1.99. The van der Waals surface area contributed by atoms with Crippen LogP contribution in [0.15, 0.2) is 29.4 Å². The number of hydrazone groups is 1. The Morgan fingerprint density at radius 3 is 2.67 bits per heavy atom. The average molecular weight is 287 g/mol. The fourth-order valence-electron chi connectivity index (χ4n) is 2.16. The fourth-order valence-corrected chi connectivity index (χ4v) is 2.16. The van der Waals surface area contributed by atoms with Crippen molar-refractivity contribution < 1.29 is 4.79 Å². The predicted molar refractivity (Wildman–Crippen MR) is 82.9 cm³/mol. The summed E-state index contributed by atoms with van der Waals surface area (Å²) in [5.41, 5.74) is 5.28. The van der Waals surface area contributed by atoms with Crippen LogP contribution in [0.25, 0.3) is 11.0 Å². The normalized spacial score (nSPS) is 10.6. The molecule has 6 nitrogen and oxygen atoms in total. The number of aromatic nitrogens is 3. The molecule has 2 aromatic rings. The van der Waals surface area contributed by atoms with E-state index in [1.54, 1.807) is 4.68 Å². The van der Waals surface area contributed by atoms with Crippen LogP contribution in [0, 0.1) is 0 Å². The van der Waals surface area contributed by atoms with Crippen LogP contribution < -0.4 is 5.43 Å². The van der Waals surface area contributed by atoms with Crippen LogP contribution in [0.5, 0.6) is 0 Å². The van der Waals surface area contributed by atoms with Crippen molar-refractivity contribution in [3.8, 4) is 0 Å². The minimum atomic E-state index is -0.185. The Morgan fingerprint density at radius 2 is 1.95 bits per heavy atom. The maximum Gasteiger partial charge on any atom is 0.261 e. The maximum absolute atomic E-state index is 12.0. The van der Waals surface area contributed by atoms with E-state index in [4.69, 9.17) is 0 Å². The third kappa shape index (κ3) is 4.11. The van der Waals surface area contributed by atoms with Crippen LogP contribution in [-0.4, -0.2) is 26.6 Å². The monoisotopic (exact) mass is 287 g/mol. The molecule has 1 heterocycles. The molecule has 0 radical (unpaired) electrons. The van der Waals surface area contributed by atoms with E-state index in [9.17, 15) is 4.79 Å². The molecule has 0 aliphatic carbocycles. The minimum Gasteiger partial charge on any atom is -0.271 e. The van der Waals surface area contributed by atoms with Crippen molar-refractivity contribution in [2.75, 3.05) is 0 Å². The highest BCUT2D eigenvalue weighted by Gasteiger charge is 2.08. The van der Waals surface area contributed by atoms with E-state index in [0.717, 1.165) is 42.4 Å². The van der Waals surface area contributed by atoms with Gasteiger partial charge in [0.15, 0.2) is 0 Å². The quantitative estimate of drug-likeness (QED) is 0.628. The number of fused-ring (bicyclic) bond motifs is 1. The van der Waals surface area contributed by atoms with E-state index < -0.39 is 0 Å². The Kier molecular flexibility index (Phi) is 5.43. The molecule has 2 rings (SSSR count). The number of carbonyl (C=O) groups excluding carboxylic acids is 1. The molecule has 0 spiro atoms. The molecule has 0 aliphatic heterocycles. The van der Waals surface area contributed by atoms with Gasteiger partial charge in [-0.1, -0.05) is 44.0 Å². The number of amides is 1. The molecule has 21 heavy (non-hydrogen) atoms. The molecule has 112 valence electrons. The van der Waals surface area contributed by atoms with Gasteiger partial charge in [0.25, 0.3) is 5.91 Å². The Morgan fingerprint density at radius 1 is 1.24 bits per heavy atom. The van der Waals surface area contributed by atoms with Gasteiger partial charge in [-0.25, -0.2) is 10.1 Å². The van der Waals surface area contributed by atoms with E-state index in [1.807, 2.05) is 24.3 Å². The van der Waals surface area contributed by atoms with Crippen LogP contribution in [-0.2, 0) is 11.3 Å². The van der Waals surface area contributed by atoms with Crippen molar-refractivity contribution in [2.24, 2.45) is 5.10 Å². The molecule has 1 aromatic carbocycles. The first kappa shape index (κ1) is 15.2. The van der Waals surface area contributed by atoms with Gasteiger partial charge in [-0.15, -0.1) is 5.10 Å². The largest absolute Gasteiger partial charge is 0.271 e. The Hall–Kier alpha value is -2.24. The van der Waals surface area contributed by atoms with E-state index in [2.05, 4.69) is 34.7 Å². The number of hydrogen-bond acceptors (Lipinski definition) is 4. The van der Waals surface area contributed by atoms with Crippen molar-refractivity contribution in [1.29, 1.82) is 0 Å². The van der Waals surface area contributed by atoms with Gasteiger partial charge in [-0.2, -0.15) is 5.10 Å². The van der Waals surface area contributed by atoms with E-state index in [1.165, 1.54) is 0 Å². The van der Waals surface area contributed by atoms with Gasteiger partial charge in [0.1, 0.15) is 12.1 Å². The van der Waals surface area contributed by atoms with Crippen molar-refractivity contribution >= 4 is 22.7 Å². The number of carbonyl (C=O) groups is 1. The summed E-state index contributed by atoms with van der Waals surface area (Å²) >= 11 is 0. The van der Waals surface area contributed by atoms with E-state index >= 15 is 0 Å². The number of benzene rings is 1. The van der Waals surface area contributed by atoms with Crippen molar-refractivity contribution in [3.63, 3.8) is 0 Å². The van der Waals surface area contributed by atoms with Crippen LogP contribution in [0.3, 0.4) is 0 Å². The molecule has 0 bridgehead atoms. The maximum atomic E-state index is 12.0. The van der Waals surface area contributed by atoms with Crippen LogP contribution >= 0.6 is 0 Å². The number of para-hydroxylation sites is 1. The van der Waals surface area contributed by atoms with Gasteiger partial charge in [0.2, 0.25) is 0 Å². The summed E-state index contributed by atoms with van der Waals surface area (Å²) < 4.78 is 1.58. The van der Waals surface area contributed by atoms with Crippen LogP contribution in [0.4, 0.5) is 0 Å². The molecule has 0 fully saturated rings. The zero-order chi connectivity index (χ0) is 15.1. The van der Waals surface area contributed by atoms with Gasteiger partial charge in [-0.05, 0) is 25.0 Å². The molecular formula is C15H21N5O. The van der Waals surface area contributed by atoms with Gasteiger partial charge in [0.05, 0.1) is 5.52 Å². The summed E-state index contributed by atoms with van der Waals surface area (Å²) in [6.07, 6.45) is 3.89. The lowest BCUT2D eigenvalue weighted by molar-refractivity contribution is -0.121. The summed E-state index contributed by atoms with van der Waals surface area (Å²) in [6, 6.07) is 7.56. The minimum absolute atomic E-state index is 0.121. The average Bonchev–Trinajstić information content (AvgIpc) is 2.89. The summed E-state index contributed by atoms with van der Waals surface area (Å²) in [4.78, 5) is 12.0. The zero-order valence-electron chi connectivity index (χ0n) is 12.5. The number of hydrogen-bond donors (Lipinski definition) is 1. The predicted octanol–water partition coefficient (Wildman–Crippen LogP) is 2.50. The molecule has 0 aliphatic rings. The zero-order valence-corrected chi connectivity index (χ0v) is 12.5. The summed E-state index contributed by atoms with van der Waals surface area (Å²) in [5.74, 6) is -0.185. The molecule has 0 saturated heterocycles. The lowest BCUT2D eigenvalue weighted by atomic mass is 10.1. The molecule has 0 saturated carbocycles. The number of nitrogens with zero attached hydrogens (tertiary/aromatic N) is 4. The van der Waals surface area contributed by atoms with Crippen LogP contribution in [0.1, 0.15) is 39.5 Å². The highest BCUT2D eigenvalue weighted by Crippen LogP contribution is 2.09. The Labute approximate surface area is 124 Å². The summed E-state index contributed by atoms with van der Waals surface area (Å²) in [6.45, 7) is 4.33. The van der Waals surface area contributed by atoms with Gasteiger partial charge in [-0.3, -0.25) is 4.79 Å². The Bertz CT molecular complexity index is 624. The van der Waals surface area contributed by atoms with Gasteiger partial charge in [0, 0.05) is 5.71 Å².